The van der Waals surface area contributed by atoms with Crippen molar-refractivity contribution in [3.63, 3.8) is 0 Å². The van der Waals surface area contributed by atoms with E-state index < -0.39 is 0 Å². The van der Waals surface area contributed by atoms with Crippen molar-refractivity contribution in [3.8, 4) is 0 Å². The van der Waals surface area contributed by atoms with Crippen LogP contribution in [0.1, 0.15) is 29.8 Å². The van der Waals surface area contributed by atoms with E-state index in [0.717, 1.165) is 4.90 Å². The van der Waals surface area contributed by atoms with Crippen LogP contribution in [-0.4, -0.2) is 12.4 Å². The molecular weight excluding hydrogens is 339 g/mol. The Balaban J connectivity index is 2.18. The lowest BCUT2D eigenvalue weighted by atomic mass is 10.0. The van der Waals surface area contributed by atoms with Crippen LogP contribution in [0.4, 0.5) is 0 Å². The van der Waals surface area contributed by atoms with Gasteiger partial charge in [0.1, 0.15) is 0 Å². The zero-order chi connectivity index (χ0) is 16.1. The summed E-state index contributed by atoms with van der Waals surface area (Å²) in [6.45, 7) is 4.83. The standard InChI is InChI=1S/C17H16Cl2O2S/c1-11(2)10-21-22-14-5-3-4-12(8-14)17(20)15-9-13(18)6-7-16(15)19/h3-9,11H,10H2,1-2H3. The van der Waals surface area contributed by atoms with Gasteiger partial charge in [-0.25, -0.2) is 0 Å². The molecule has 116 valence electrons. The van der Waals surface area contributed by atoms with Crippen LogP contribution in [0.5, 0.6) is 0 Å². The van der Waals surface area contributed by atoms with Gasteiger partial charge in [-0.05, 0) is 36.2 Å². The predicted octanol–water partition coefficient (Wildman–Crippen LogP) is 5.90. The van der Waals surface area contributed by atoms with Crippen molar-refractivity contribution in [2.75, 3.05) is 6.61 Å². The Hall–Kier alpha value is -1.00. The largest absolute Gasteiger partial charge is 0.310 e. The molecule has 0 amide bonds. The van der Waals surface area contributed by atoms with Crippen LogP contribution in [0, 0.1) is 5.92 Å². The average molecular weight is 355 g/mol. The van der Waals surface area contributed by atoms with E-state index >= 15 is 0 Å². The maximum absolute atomic E-state index is 12.6. The Morgan fingerprint density at radius 1 is 1.18 bits per heavy atom. The van der Waals surface area contributed by atoms with E-state index in [1.54, 1.807) is 30.3 Å². The van der Waals surface area contributed by atoms with E-state index in [2.05, 4.69) is 13.8 Å². The summed E-state index contributed by atoms with van der Waals surface area (Å²) in [6.07, 6.45) is 0. The average Bonchev–Trinajstić information content (AvgIpc) is 2.49. The number of rotatable bonds is 6. The highest BCUT2D eigenvalue weighted by atomic mass is 35.5. The lowest BCUT2D eigenvalue weighted by Gasteiger charge is -2.08. The minimum atomic E-state index is -0.154. The minimum Gasteiger partial charge on any atom is -0.310 e. The number of carbonyl (C=O) groups is 1. The van der Waals surface area contributed by atoms with E-state index in [9.17, 15) is 4.79 Å². The fourth-order valence-corrected chi connectivity index (χ4v) is 2.92. The number of carbonyl (C=O) groups excluding carboxylic acids is 1. The molecule has 2 rings (SSSR count). The highest BCUT2D eigenvalue weighted by Crippen LogP contribution is 2.26. The number of benzene rings is 2. The summed E-state index contributed by atoms with van der Waals surface area (Å²) in [7, 11) is 0. The smallest absolute Gasteiger partial charge is 0.194 e. The van der Waals surface area contributed by atoms with Crippen LogP contribution in [-0.2, 0) is 4.18 Å². The molecule has 2 aromatic carbocycles. The van der Waals surface area contributed by atoms with Crippen molar-refractivity contribution in [2.45, 2.75) is 18.7 Å². The Bertz CT molecular complexity index is 671. The first-order valence-electron chi connectivity index (χ1n) is 6.86. The molecule has 2 nitrogen and oxygen atoms in total. The number of hydrogen-bond acceptors (Lipinski definition) is 3. The van der Waals surface area contributed by atoms with Gasteiger partial charge in [-0.3, -0.25) is 4.79 Å². The Labute approximate surface area is 145 Å². The van der Waals surface area contributed by atoms with Gasteiger partial charge in [0.15, 0.2) is 5.78 Å². The van der Waals surface area contributed by atoms with E-state index in [0.29, 0.717) is 33.7 Å². The summed E-state index contributed by atoms with van der Waals surface area (Å²) in [6, 6.07) is 12.2. The van der Waals surface area contributed by atoms with Gasteiger partial charge in [-0.15, -0.1) is 0 Å². The first kappa shape index (κ1) is 17.4. The van der Waals surface area contributed by atoms with Crippen molar-refractivity contribution in [3.05, 3.63) is 63.6 Å². The van der Waals surface area contributed by atoms with E-state index in [1.165, 1.54) is 12.0 Å². The molecule has 0 bridgehead atoms. The second-order valence-corrected chi connectivity index (χ2v) is 6.96. The van der Waals surface area contributed by atoms with E-state index in [4.69, 9.17) is 27.4 Å². The lowest BCUT2D eigenvalue weighted by Crippen LogP contribution is -2.02. The van der Waals surface area contributed by atoms with Gasteiger partial charge in [0.25, 0.3) is 0 Å². The first-order chi connectivity index (χ1) is 10.5. The van der Waals surface area contributed by atoms with Crippen LogP contribution in [0.2, 0.25) is 10.0 Å². The number of halogens is 2. The van der Waals surface area contributed by atoms with Gasteiger partial charge in [-0.2, -0.15) is 0 Å². The summed E-state index contributed by atoms with van der Waals surface area (Å²) in [5.41, 5.74) is 0.960. The fourth-order valence-electron chi connectivity index (χ4n) is 1.75. The molecule has 0 radical (unpaired) electrons. The maximum atomic E-state index is 12.6. The zero-order valence-corrected chi connectivity index (χ0v) is 14.6. The van der Waals surface area contributed by atoms with Crippen molar-refractivity contribution in [2.24, 2.45) is 5.92 Å². The van der Waals surface area contributed by atoms with Gasteiger partial charge in [0.2, 0.25) is 0 Å². The zero-order valence-electron chi connectivity index (χ0n) is 12.3. The molecular formula is C17H16Cl2O2S. The molecule has 0 aliphatic rings. The summed E-state index contributed by atoms with van der Waals surface area (Å²) >= 11 is 13.3. The molecule has 2 aromatic rings. The van der Waals surface area contributed by atoms with Crippen LogP contribution in [0.25, 0.3) is 0 Å². The molecule has 0 atom stereocenters. The molecule has 22 heavy (non-hydrogen) atoms. The van der Waals surface area contributed by atoms with Crippen LogP contribution >= 0.6 is 35.2 Å². The van der Waals surface area contributed by atoms with Crippen LogP contribution in [0.3, 0.4) is 0 Å². The number of hydrogen-bond donors (Lipinski definition) is 0. The molecule has 0 aromatic heterocycles. The van der Waals surface area contributed by atoms with Crippen LogP contribution in [0.15, 0.2) is 47.4 Å². The third-order valence-electron chi connectivity index (χ3n) is 2.83. The highest BCUT2D eigenvalue weighted by molar-refractivity contribution is 7.94. The fraction of sp³-hybridized carbons (Fsp3) is 0.235. The molecule has 0 saturated carbocycles. The highest BCUT2D eigenvalue weighted by Gasteiger charge is 2.14. The summed E-state index contributed by atoms with van der Waals surface area (Å²) in [5, 5.41) is 0.877. The molecule has 0 fully saturated rings. The molecule has 0 N–H and O–H groups in total. The molecule has 0 aliphatic carbocycles. The quantitative estimate of drug-likeness (QED) is 0.476. The lowest BCUT2D eigenvalue weighted by molar-refractivity contribution is 0.103. The first-order valence-corrected chi connectivity index (χ1v) is 8.36. The third kappa shape index (κ3) is 4.75. The second kappa shape index (κ2) is 8.02. The normalized spacial score (nSPS) is 11.0. The van der Waals surface area contributed by atoms with Crippen molar-refractivity contribution >= 4 is 41.0 Å². The Morgan fingerprint density at radius 3 is 2.68 bits per heavy atom. The molecule has 0 aliphatic heterocycles. The molecule has 0 spiro atoms. The Morgan fingerprint density at radius 2 is 1.95 bits per heavy atom. The molecule has 0 saturated heterocycles. The second-order valence-electron chi connectivity index (χ2n) is 5.24. The van der Waals surface area contributed by atoms with Crippen molar-refractivity contribution in [1.82, 2.24) is 0 Å². The SMILES string of the molecule is CC(C)COSc1cccc(C(=O)c2cc(Cl)ccc2Cl)c1. The molecule has 0 heterocycles. The van der Waals surface area contributed by atoms with Crippen molar-refractivity contribution in [1.29, 1.82) is 0 Å². The summed E-state index contributed by atoms with van der Waals surface area (Å²) in [4.78, 5) is 13.4. The van der Waals surface area contributed by atoms with Crippen molar-refractivity contribution < 1.29 is 8.98 Å². The molecule has 0 unspecified atom stereocenters. The van der Waals surface area contributed by atoms with Crippen LogP contribution < -0.4 is 0 Å². The Kier molecular flexibility index (Phi) is 6.33. The topological polar surface area (TPSA) is 26.3 Å². The van der Waals surface area contributed by atoms with E-state index in [-0.39, 0.29) is 5.78 Å². The summed E-state index contributed by atoms with van der Waals surface area (Å²) < 4.78 is 5.52. The predicted molar refractivity (Wildman–Crippen MR) is 93.0 cm³/mol. The minimum absolute atomic E-state index is 0.154. The van der Waals surface area contributed by atoms with Gasteiger partial charge in [-0.1, -0.05) is 49.2 Å². The van der Waals surface area contributed by atoms with Gasteiger partial charge >= 0.3 is 0 Å². The monoisotopic (exact) mass is 354 g/mol. The maximum Gasteiger partial charge on any atom is 0.194 e. The number of ketones is 1. The van der Waals surface area contributed by atoms with Gasteiger partial charge in [0.05, 0.1) is 11.6 Å². The summed E-state index contributed by atoms with van der Waals surface area (Å²) in [5.74, 6) is 0.307. The molecule has 5 heteroatoms. The third-order valence-corrected chi connectivity index (χ3v) is 4.09. The van der Waals surface area contributed by atoms with Gasteiger partial charge < -0.3 is 4.18 Å². The van der Waals surface area contributed by atoms with Gasteiger partial charge in [0, 0.05) is 33.1 Å². The van der Waals surface area contributed by atoms with E-state index in [1.807, 2.05) is 12.1 Å².